The predicted molar refractivity (Wildman–Crippen MR) is 71.0 cm³/mol. The molecular weight excluding hydrogens is 194 g/mol. The fourth-order valence-electron chi connectivity index (χ4n) is 2.44. The average Bonchev–Trinajstić information content (AvgIpc) is 2.29. The standard InChI is InChI=1S/C15H23N/c1-12(2)10-11-16-15-9-5-7-13-6-3-4-8-14(13)15/h5,7,9,12,16H,3-4,6,8,10-11H2,1-2H3. The molecule has 16 heavy (non-hydrogen) atoms. The maximum Gasteiger partial charge on any atom is 0.0375 e. The minimum Gasteiger partial charge on any atom is -0.385 e. The summed E-state index contributed by atoms with van der Waals surface area (Å²) in [5.74, 6) is 0.784. The molecule has 0 saturated carbocycles. The maximum atomic E-state index is 3.60. The van der Waals surface area contributed by atoms with Gasteiger partial charge in [0.15, 0.2) is 0 Å². The van der Waals surface area contributed by atoms with Gasteiger partial charge in [0.05, 0.1) is 0 Å². The van der Waals surface area contributed by atoms with E-state index in [0.717, 1.165) is 12.5 Å². The van der Waals surface area contributed by atoms with Crippen molar-refractivity contribution in [3.05, 3.63) is 29.3 Å². The van der Waals surface area contributed by atoms with E-state index in [1.807, 2.05) is 0 Å². The highest BCUT2D eigenvalue weighted by molar-refractivity contribution is 5.55. The molecule has 0 unspecified atom stereocenters. The van der Waals surface area contributed by atoms with E-state index in [-0.39, 0.29) is 0 Å². The molecular formula is C15H23N. The monoisotopic (exact) mass is 217 g/mol. The van der Waals surface area contributed by atoms with Gasteiger partial charge in [-0.25, -0.2) is 0 Å². The quantitative estimate of drug-likeness (QED) is 0.803. The fraction of sp³-hybridized carbons (Fsp3) is 0.600. The third-order valence-electron chi connectivity index (χ3n) is 3.43. The second-order valence-corrected chi connectivity index (χ2v) is 5.26. The highest BCUT2D eigenvalue weighted by Gasteiger charge is 2.12. The van der Waals surface area contributed by atoms with Crippen LogP contribution < -0.4 is 5.32 Å². The Balaban J connectivity index is 2.03. The highest BCUT2D eigenvalue weighted by Crippen LogP contribution is 2.27. The van der Waals surface area contributed by atoms with Gasteiger partial charge in [-0.1, -0.05) is 26.0 Å². The molecule has 0 heterocycles. The summed E-state index contributed by atoms with van der Waals surface area (Å²) < 4.78 is 0. The molecule has 1 aliphatic carbocycles. The molecule has 0 atom stereocenters. The Kier molecular flexibility index (Phi) is 3.87. The van der Waals surface area contributed by atoms with Gasteiger partial charge < -0.3 is 5.32 Å². The van der Waals surface area contributed by atoms with Crippen LogP contribution in [0.4, 0.5) is 5.69 Å². The molecule has 0 spiro atoms. The van der Waals surface area contributed by atoms with Gasteiger partial charge in [0.1, 0.15) is 0 Å². The van der Waals surface area contributed by atoms with Gasteiger partial charge in [0, 0.05) is 12.2 Å². The molecule has 0 radical (unpaired) electrons. The summed E-state index contributed by atoms with van der Waals surface area (Å²) in [5.41, 5.74) is 4.54. The van der Waals surface area contributed by atoms with Gasteiger partial charge in [-0.15, -0.1) is 0 Å². The van der Waals surface area contributed by atoms with E-state index in [4.69, 9.17) is 0 Å². The number of anilines is 1. The minimum atomic E-state index is 0.784. The molecule has 1 heteroatoms. The van der Waals surface area contributed by atoms with Crippen LogP contribution in [0.1, 0.15) is 44.2 Å². The molecule has 1 aromatic carbocycles. The van der Waals surface area contributed by atoms with E-state index < -0.39 is 0 Å². The van der Waals surface area contributed by atoms with Crippen molar-refractivity contribution < 1.29 is 0 Å². The summed E-state index contributed by atoms with van der Waals surface area (Å²) in [6.07, 6.45) is 6.51. The maximum absolute atomic E-state index is 3.60. The van der Waals surface area contributed by atoms with Crippen LogP contribution in [0.5, 0.6) is 0 Å². The number of benzene rings is 1. The topological polar surface area (TPSA) is 12.0 Å². The van der Waals surface area contributed by atoms with Crippen molar-refractivity contribution >= 4 is 5.69 Å². The first-order valence-electron chi connectivity index (χ1n) is 6.62. The van der Waals surface area contributed by atoms with Crippen LogP contribution in [-0.4, -0.2) is 6.54 Å². The average molecular weight is 217 g/mol. The number of aryl methyl sites for hydroxylation is 1. The molecule has 0 aliphatic heterocycles. The van der Waals surface area contributed by atoms with E-state index in [1.54, 1.807) is 11.1 Å². The van der Waals surface area contributed by atoms with E-state index in [0.29, 0.717) is 0 Å². The zero-order chi connectivity index (χ0) is 11.4. The number of nitrogens with one attached hydrogen (secondary N) is 1. The second kappa shape index (κ2) is 5.38. The lowest BCUT2D eigenvalue weighted by molar-refractivity contribution is 0.606. The summed E-state index contributed by atoms with van der Waals surface area (Å²) in [5, 5.41) is 3.60. The van der Waals surface area contributed by atoms with E-state index in [1.165, 1.54) is 37.8 Å². The van der Waals surface area contributed by atoms with Crippen molar-refractivity contribution in [3.63, 3.8) is 0 Å². The molecule has 0 saturated heterocycles. The molecule has 0 amide bonds. The first-order chi connectivity index (χ1) is 7.77. The number of hydrogen-bond donors (Lipinski definition) is 1. The lowest BCUT2D eigenvalue weighted by Crippen LogP contribution is -2.10. The number of fused-ring (bicyclic) bond motifs is 1. The van der Waals surface area contributed by atoms with E-state index in [9.17, 15) is 0 Å². The Bertz CT molecular complexity index is 341. The van der Waals surface area contributed by atoms with Crippen LogP contribution in [0.25, 0.3) is 0 Å². The van der Waals surface area contributed by atoms with Crippen molar-refractivity contribution in [3.8, 4) is 0 Å². The van der Waals surface area contributed by atoms with Crippen LogP contribution >= 0.6 is 0 Å². The number of hydrogen-bond acceptors (Lipinski definition) is 1. The van der Waals surface area contributed by atoms with Crippen LogP contribution in [0, 0.1) is 5.92 Å². The van der Waals surface area contributed by atoms with Gasteiger partial charge >= 0.3 is 0 Å². The van der Waals surface area contributed by atoms with Crippen LogP contribution in [0.3, 0.4) is 0 Å². The first kappa shape index (κ1) is 11.5. The SMILES string of the molecule is CC(C)CCNc1cccc2c1CCCC2. The lowest BCUT2D eigenvalue weighted by atomic mass is 9.90. The van der Waals surface area contributed by atoms with Gasteiger partial charge in [-0.3, -0.25) is 0 Å². The van der Waals surface area contributed by atoms with Gasteiger partial charge in [0.25, 0.3) is 0 Å². The Morgan fingerprint density at radius 1 is 1.19 bits per heavy atom. The zero-order valence-electron chi connectivity index (χ0n) is 10.6. The molecule has 1 N–H and O–H groups in total. The van der Waals surface area contributed by atoms with Gasteiger partial charge in [-0.05, 0) is 55.2 Å². The van der Waals surface area contributed by atoms with Crippen LogP contribution in [0.15, 0.2) is 18.2 Å². The van der Waals surface area contributed by atoms with Crippen molar-refractivity contribution in [1.29, 1.82) is 0 Å². The molecule has 1 nitrogen and oxygen atoms in total. The predicted octanol–water partition coefficient (Wildman–Crippen LogP) is 4.02. The first-order valence-corrected chi connectivity index (χ1v) is 6.62. The molecule has 0 fully saturated rings. The lowest BCUT2D eigenvalue weighted by Gasteiger charge is -2.20. The van der Waals surface area contributed by atoms with E-state index in [2.05, 4.69) is 37.4 Å². The minimum absolute atomic E-state index is 0.784. The summed E-state index contributed by atoms with van der Waals surface area (Å²) >= 11 is 0. The second-order valence-electron chi connectivity index (χ2n) is 5.26. The van der Waals surface area contributed by atoms with Crippen molar-refractivity contribution in [1.82, 2.24) is 0 Å². The summed E-state index contributed by atoms with van der Waals surface area (Å²) in [6, 6.07) is 6.73. The highest BCUT2D eigenvalue weighted by atomic mass is 14.9. The van der Waals surface area contributed by atoms with Crippen LogP contribution in [0.2, 0.25) is 0 Å². The molecule has 2 rings (SSSR count). The summed E-state index contributed by atoms with van der Waals surface area (Å²) in [7, 11) is 0. The third-order valence-corrected chi connectivity index (χ3v) is 3.43. The van der Waals surface area contributed by atoms with Crippen LogP contribution in [-0.2, 0) is 12.8 Å². The Morgan fingerprint density at radius 3 is 2.81 bits per heavy atom. The number of rotatable bonds is 4. The summed E-state index contributed by atoms with van der Waals surface area (Å²) in [6.45, 7) is 5.67. The Hall–Kier alpha value is -0.980. The van der Waals surface area contributed by atoms with E-state index >= 15 is 0 Å². The van der Waals surface area contributed by atoms with Gasteiger partial charge in [0.2, 0.25) is 0 Å². The van der Waals surface area contributed by atoms with Crippen molar-refractivity contribution in [2.24, 2.45) is 5.92 Å². The molecule has 0 bridgehead atoms. The third kappa shape index (κ3) is 2.78. The Morgan fingerprint density at radius 2 is 2.00 bits per heavy atom. The molecule has 1 aliphatic rings. The molecule has 0 aromatic heterocycles. The molecule has 1 aromatic rings. The largest absolute Gasteiger partial charge is 0.385 e. The smallest absolute Gasteiger partial charge is 0.0375 e. The summed E-state index contributed by atoms with van der Waals surface area (Å²) in [4.78, 5) is 0. The molecule has 88 valence electrons. The Labute approximate surface area is 99.3 Å². The van der Waals surface area contributed by atoms with Gasteiger partial charge in [-0.2, -0.15) is 0 Å². The fourth-order valence-corrected chi connectivity index (χ4v) is 2.44. The normalized spacial score (nSPS) is 14.9. The van der Waals surface area contributed by atoms with Crippen molar-refractivity contribution in [2.45, 2.75) is 46.0 Å². The zero-order valence-corrected chi connectivity index (χ0v) is 10.6. The van der Waals surface area contributed by atoms with Crippen molar-refractivity contribution in [2.75, 3.05) is 11.9 Å².